The number of aromatic nitrogens is 1. The van der Waals surface area contributed by atoms with Gasteiger partial charge in [-0.3, -0.25) is 19.5 Å². The summed E-state index contributed by atoms with van der Waals surface area (Å²) in [4.78, 5) is 34.2. The van der Waals surface area contributed by atoms with Gasteiger partial charge in [0.05, 0.1) is 6.42 Å². The van der Waals surface area contributed by atoms with E-state index in [1.807, 2.05) is 55.6 Å². The molecule has 2 heterocycles. The zero-order valence-electron chi connectivity index (χ0n) is 18.6. The Hall–Kier alpha value is -2.99. The summed E-state index contributed by atoms with van der Waals surface area (Å²) in [7, 11) is 0. The Morgan fingerprint density at radius 1 is 1.12 bits per heavy atom. The Balaban J connectivity index is 1.77. The smallest absolute Gasteiger partial charge is 0.248 e. The van der Waals surface area contributed by atoms with Gasteiger partial charge in [-0.25, -0.2) is 0 Å². The molecule has 1 fully saturated rings. The zero-order valence-corrected chi connectivity index (χ0v) is 19.4. The van der Waals surface area contributed by atoms with Gasteiger partial charge in [0.1, 0.15) is 6.04 Å². The highest BCUT2D eigenvalue weighted by Crippen LogP contribution is 2.32. The molecule has 6 heteroatoms. The summed E-state index contributed by atoms with van der Waals surface area (Å²) in [6.45, 7) is 4.02. The van der Waals surface area contributed by atoms with E-state index < -0.39 is 6.04 Å². The van der Waals surface area contributed by atoms with Gasteiger partial charge in [0.2, 0.25) is 11.8 Å². The highest BCUT2D eigenvalue weighted by Gasteiger charge is 2.35. The second-order valence-corrected chi connectivity index (χ2v) is 9.52. The largest absolute Gasteiger partial charge is 0.351 e. The van der Waals surface area contributed by atoms with Crippen LogP contribution < -0.4 is 10.2 Å². The fourth-order valence-corrected chi connectivity index (χ4v) is 5.15. The Morgan fingerprint density at radius 2 is 1.88 bits per heavy atom. The van der Waals surface area contributed by atoms with E-state index in [0.29, 0.717) is 0 Å². The van der Waals surface area contributed by atoms with Crippen molar-refractivity contribution in [3.05, 3.63) is 81.8 Å². The van der Waals surface area contributed by atoms with Crippen LogP contribution in [0.2, 0.25) is 0 Å². The van der Waals surface area contributed by atoms with Crippen LogP contribution in [0.4, 0.5) is 5.69 Å². The van der Waals surface area contributed by atoms with Crippen molar-refractivity contribution in [3.8, 4) is 0 Å². The van der Waals surface area contributed by atoms with Gasteiger partial charge in [0, 0.05) is 29.0 Å². The van der Waals surface area contributed by atoms with Crippen LogP contribution >= 0.6 is 11.3 Å². The van der Waals surface area contributed by atoms with E-state index in [0.717, 1.165) is 52.9 Å². The average Bonchev–Trinajstić information content (AvgIpc) is 3.47. The summed E-state index contributed by atoms with van der Waals surface area (Å²) in [6, 6.07) is 13.0. The van der Waals surface area contributed by atoms with Crippen LogP contribution in [0.3, 0.4) is 0 Å². The normalized spacial score (nSPS) is 14.8. The van der Waals surface area contributed by atoms with E-state index in [4.69, 9.17) is 0 Å². The van der Waals surface area contributed by atoms with E-state index in [1.54, 1.807) is 28.6 Å². The van der Waals surface area contributed by atoms with Gasteiger partial charge in [-0.05, 0) is 67.5 Å². The molecule has 3 aromatic rings. The van der Waals surface area contributed by atoms with E-state index in [1.165, 1.54) is 0 Å². The summed E-state index contributed by atoms with van der Waals surface area (Å²) in [5, 5.41) is 5.19. The molecule has 1 N–H and O–H groups in total. The number of nitrogens with one attached hydrogen (secondary N) is 1. The zero-order chi connectivity index (χ0) is 22.5. The van der Waals surface area contributed by atoms with Crippen LogP contribution in [0.5, 0.6) is 0 Å². The van der Waals surface area contributed by atoms with Gasteiger partial charge in [0.15, 0.2) is 0 Å². The van der Waals surface area contributed by atoms with Crippen molar-refractivity contribution in [2.24, 2.45) is 0 Å². The lowest BCUT2D eigenvalue weighted by atomic mass is 10.0. The lowest BCUT2D eigenvalue weighted by Crippen LogP contribution is -2.47. The number of carbonyl (C=O) groups excluding carboxylic acids is 2. The van der Waals surface area contributed by atoms with Crippen molar-refractivity contribution in [2.75, 3.05) is 4.90 Å². The van der Waals surface area contributed by atoms with Gasteiger partial charge in [-0.15, -0.1) is 11.3 Å². The monoisotopic (exact) mass is 447 g/mol. The predicted molar refractivity (Wildman–Crippen MR) is 129 cm³/mol. The van der Waals surface area contributed by atoms with Crippen LogP contribution in [0.1, 0.15) is 53.3 Å². The number of nitrogens with zero attached hydrogens (tertiary/aromatic N) is 2. The molecular formula is C26H29N3O2S. The molecule has 1 unspecified atom stereocenters. The molecule has 0 spiro atoms. The van der Waals surface area contributed by atoms with E-state index in [-0.39, 0.29) is 24.3 Å². The molecule has 0 aliphatic heterocycles. The first-order valence-corrected chi connectivity index (χ1v) is 12.0. The number of anilines is 1. The Morgan fingerprint density at radius 3 is 2.53 bits per heavy atom. The van der Waals surface area contributed by atoms with Crippen molar-refractivity contribution >= 4 is 28.8 Å². The van der Waals surface area contributed by atoms with Crippen LogP contribution in [0.25, 0.3) is 0 Å². The summed E-state index contributed by atoms with van der Waals surface area (Å²) in [5.74, 6) is -0.231. The Labute approximate surface area is 193 Å². The standard InChI is InChI=1S/C26H29N3O2S/c1-18-9-10-23(19(2)16-18)29(24(30)17-22-8-5-15-32-22)25(20-11-13-27-14-12-20)26(31)28-21-6-3-4-7-21/h5,8-16,21,25H,3-4,6-7,17H2,1-2H3,(H,28,31). The van der Waals surface area contributed by atoms with E-state index in [9.17, 15) is 9.59 Å². The number of benzene rings is 1. The highest BCUT2D eigenvalue weighted by atomic mass is 32.1. The summed E-state index contributed by atoms with van der Waals surface area (Å²) >= 11 is 1.55. The van der Waals surface area contributed by atoms with E-state index >= 15 is 0 Å². The third-order valence-corrected chi connectivity index (χ3v) is 6.89. The fraction of sp³-hybridized carbons (Fsp3) is 0.346. The van der Waals surface area contributed by atoms with E-state index in [2.05, 4.69) is 16.4 Å². The minimum Gasteiger partial charge on any atom is -0.351 e. The van der Waals surface area contributed by atoms with Gasteiger partial charge in [-0.1, -0.05) is 36.6 Å². The van der Waals surface area contributed by atoms with Crippen molar-refractivity contribution in [1.29, 1.82) is 0 Å². The van der Waals surface area contributed by atoms with Crippen LogP contribution in [0, 0.1) is 13.8 Å². The minimum atomic E-state index is -0.757. The first-order chi connectivity index (χ1) is 15.5. The Bertz CT molecular complexity index is 1060. The lowest BCUT2D eigenvalue weighted by molar-refractivity contribution is -0.127. The maximum absolute atomic E-state index is 13.7. The molecule has 2 aromatic heterocycles. The summed E-state index contributed by atoms with van der Waals surface area (Å²) < 4.78 is 0. The number of pyridine rings is 1. The number of carbonyl (C=O) groups is 2. The average molecular weight is 448 g/mol. The van der Waals surface area contributed by atoms with Crippen LogP contribution in [-0.4, -0.2) is 22.8 Å². The molecule has 4 rings (SSSR count). The molecule has 5 nitrogen and oxygen atoms in total. The molecule has 1 aliphatic carbocycles. The fourth-order valence-electron chi connectivity index (χ4n) is 4.45. The number of rotatable bonds is 7. The summed E-state index contributed by atoms with van der Waals surface area (Å²) in [5.41, 5.74) is 3.61. The second kappa shape index (κ2) is 10.1. The molecule has 166 valence electrons. The molecule has 32 heavy (non-hydrogen) atoms. The molecule has 1 saturated carbocycles. The maximum atomic E-state index is 13.7. The quantitative estimate of drug-likeness (QED) is 0.546. The Kier molecular flexibility index (Phi) is 7.00. The number of thiophene rings is 1. The molecule has 1 aliphatic rings. The van der Waals surface area contributed by atoms with Crippen molar-refractivity contribution in [2.45, 2.75) is 58.0 Å². The molecule has 0 bridgehead atoms. The summed E-state index contributed by atoms with van der Waals surface area (Å²) in [6.07, 6.45) is 7.84. The topological polar surface area (TPSA) is 62.3 Å². The molecule has 1 atom stereocenters. The number of aryl methyl sites for hydroxylation is 2. The molecular weight excluding hydrogens is 418 g/mol. The van der Waals surface area contributed by atoms with Gasteiger partial charge < -0.3 is 5.32 Å². The van der Waals surface area contributed by atoms with Crippen molar-refractivity contribution in [3.63, 3.8) is 0 Å². The third-order valence-electron chi connectivity index (χ3n) is 6.02. The highest BCUT2D eigenvalue weighted by molar-refractivity contribution is 7.10. The number of amides is 2. The second-order valence-electron chi connectivity index (χ2n) is 8.48. The maximum Gasteiger partial charge on any atom is 0.248 e. The molecule has 0 radical (unpaired) electrons. The lowest BCUT2D eigenvalue weighted by Gasteiger charge is -2.33. The molecule has 2 amide bonds. The SMILES string of the molecule is Cc1ccc(N(C(=O)Cc2cccs2)C(C(=O)NC2CCCC2)c2ccncc2)c(C)c1. The van der Waals surface area contributed by atoms with Gasteiger partial charge in [0.25, 0.3) is 0 Å². The first-order valence-electron chi connectivity index (χ1n) is 11.1. The number of hydrogen-bond donors (Lipinski definition) is 1. The van der Waals surface area contributed by atoms with Crippen LogP contribution in [0.15, 0.2) is 60.2 Å². The molecule has 0 saturated heterocycles. The van der Waals surface area contributed by atoms with Crippen LogP contribution in [-0.2, 0) is 16.0 Å². The number of hydrogen-bond acceptors (Lipinski definition) is 4. The van der Waals surface area contributed by atoms with Crippen molar-refractivity contribution in [1.82, 2.24) is 10.3 Å². The molecule has 1 aromatic carbocycles. The first kappa shape index (κ1) is 22.2. The van der Waals surface area contributed by atoms with Gasteiger partial charge >= 0.3 is 0 Å². The third kappa shape index (κ3) is 5.07. The van der Waals surface area contributed by atoms with Gasteiger partial charge in [-0.2, -0.15) is 0 Å². The predicted octanol–water partition coefficient (Wildman–Crippen LogP) is 5.14. The minimum absolute atomic E-state index is 0.0946. The van der Waals surface area contributed by atoms with Crippen molar-refractivity contribution < 1.29 is 9.59 Å².